The van der Waals surface area contributed by atoms with E-state index in [1.807, 2.05) is 38.1 Å². The van der Waals surface area contributed by atoms with Crippen LogP contribution in [0.4, 0.5) is 5.69 Å². The van der Waals surface area contributed by atoms with Crippen molar-refractivity contribution in [1.82, 2.24) is 0 Å². The largest absolute Gasteiger partial charge is 0.330 e. The highest BCUT2D eigenvalue weighted by atomic mass is 16.1. The van der Waals surface area contributed by atoms with Crippen LogP contribution >= 0.6 is 0 Å². The van der Waals surface area contributed by atoms with Crippen LogP contribution in [0, 0.1) is 20.8 Å². The standard InChI is InChI=1S/C18H22N2O/c1-12-10-13(2)17(14(3)11-12)20-18(21)16-7-5-4-6-15(16)8-9-19/h4-7,10-11H,8-9,19H2,1-3H3,(H,20,21). The molecule has 110 valence electrons. The molecule has 1 amide bonds. The number of carbonyl (C=O) groups is 1. The molecule has 3 N–H and O–H groups in total. The summed E-state index contributed by atoms with van der Waals surface area (Å²) < 4.78 is 0. The lowest BCUT2D eigenvalue weighted by molar-refractivity contribution is 0.102. The van der Waals surface area contributed by atoms with Gasteiger partial charge in [-0.3, -0.25) is 4.79 Å². The number of carbonyl (C=O) groups excluding carboxylic acids is 1. The first kappa shape index (κ1) is 15.3. The van der Waals surface area contributed by atoms with Crippen LogP contribution in [-0.2, 0) is 6.42 Å². The maximum absolute atomic E-state index is 12.5. The number of hydrogen-bond acceptors (Lipinski definition) is 2. The van der Waals surface area contributed by atoms with Gasteiger partial charge in [-0.1, -0.05) is 35.9 Å². The number of hydrogen-bond donors (Lipinski definition) is 2. The lowest BCUT2D eigenvalue weighted by Crippen LogP contribution is -2.17. The van der Waals surface area contributed by atoms with Gasteiger partial charge in [0.15, 0.2) is 0 Å². The molecular formula is C18H22N2O. The number of benzene rings is 2. The lowest BCUT2D eigenvalue weighted by atomic mass is 10.0. The van der Waals surface area contributed by atoms with E-state index in [0.717, 1.165) is 22.4 Å². The number of nitrogens with one attached hydrogen (secondary N) is 1. The summed E-state index contributed by atoms with van der Waals surface area (Å²) in [7, 11) is 0. The highest BCUT2D eigenvalue weighted by molar-refractivity contribution is 6.06. The Morgan fingerprint density at radius 3 is 2.33 bits per heavy atom. The zero-order valence-corrected chi connectivity index (χ0v) is 12.9. The molecule has 2 rings (SSSR count). The van der Waals surface area contributed by atoms with Crippen molar-refractivity contribution in [3.05, 3.63) is 64.2 Å². The highest BCUT2D eigenvalue weighted by Crippen LogP contribution is 2.23. The van der Waals surface area contributed by atoms with Gasteiger partial charge in [-0.2, -0.15) is 0 Å². The quantitative estimate of drug-likeness (QED) is 0.903. The second-order valence-corrected chi connectivity index (χ2v) is 5.42. The predicted molar refractivity (Wildman–Crippen MR) is 87.8 cm³/mol. The molecular weight excluding hydrogens is 260 g/mol. The fraction of sp³-hybridized carbons (Fsp3) is 0.278. The maximum atomic E-state index is 12.5. The van der Waals surface area contributed by atoms with Gasteiger partial charge in [0, 0.05) is 11.3 Å². The fourth-order valence-electron chi connectivity index (χ4n) is 2.67. The van der Waals surface area contributed by atoms with E-state index in [9.17, 15) is 4.79 Å². The zero-order valence-electron chi connectivity index (χ0n) is 12.9. The van der Waals surface area contributed by atoms with E-state index in [0.29, 0.717) is 18.5 Å². The molecule has 0 saturated heterocycles. The Morgan fingerprint density at radius 2 is 1.71 bits per heavy atom. The lowest BCUT2D eigenvalue weighted by Gasteiger charge is -2.14. The van der Waals surface area contributed by atoms with Gasteiger partial charge in [0.05, 0.1) is 0 Å². The third-order valence-corrected chi connectivity index (χ3v) is 3.59. The molecule has 0 aliphatic carbocycles. The Bertz CT molecular complexity index is 639. The summed E-state index contributed by atoms with van der Waals surface area (Å²) in [5.74, 6) is -0.0749. The average molecular weight is 282 g/mol. The first-order valence-corrected chi connectivity index (χ1v) is 7.20. The molecule has 0 saturated carbocycles. The van der Waals surface area contributed by atoms with Gasteiger partial charge in [-0.25, -0.2) is 0 Å². The van der Waals surface area contributed by atoms with E-state index in [4.69, 9.17) is 5.73 Å². The molecule has 0 aliphatic heterocycles. The monoisotopic (exact) mass is 282 g/mol. The molecule has 2 aromatic rings. The van der Waals surface area contributed by atoms with Crippen LogP contribution in [0.1, 0.15) is 32.6 Å². The molecule has 2 aromatic carbocycles. The molecule has 0 atom stereocenters. The van der Waals surface area contributed by atoms with Crippen LogP contribution in [0.15, 0.2) is 36.4 Å². The molecule has 0 heterocycles. The van der Waals surface area contributed by atoms with Crippen LogP contribution in [-0.4, -0.2) is 12.5 Å². The molecule has 3 nitrogen and oxygen atoms in total. The van der Waals surface area contributed by atoms with Crippen LogP contribution in [0.3, 0.4) is 0 Å². The van der Waals surface area contributed by atoms with Gasteiger partial charge in [-0.05, 0) is 56.5 Å². The van der Waals surface area contributed by atoms with Crippen molar-refractivity contribution in [2.24, 2.45) is 5.73 Å². The SMILES string of the molecule is Cc1cc(C)c(NC(=O)c2ccccc2CCN)c(C)c1. The highest BCUT2D eigenvalue weighted by Gasteiger charge is 2.13. The minimum Gasteiger partial charge on any atom is -0.330 e. The van der Waals surface area contributed by atoms with Gasteiger partial charge in [0.25, 0.3) is 5.91 Å². The maximum Gasteiger partial charge on any atom is 0.255 e. The van der Waals surface area contributed by atoms with E-state index < -0.39 is 0 Å². The average Bonchev–Trinajstić information content (AvgIpc) is 2.43. The van der Waals surface area contributed by atoms with E-state index in [2.05, 4.69) is 24.4 Å². The number of amides is 1. The Labute approximate surface area is 126 Å². The predicted octanol–water partition coefficient (Wildman–Crippen LogP) is 3.37. The van der Waals surface area contributed by atoms with Gasteiger partial charge in [0.2, 0.25) is 0 Å². The number of anilines is 1. The van der Waals surface area contributed by atoms with Crippen molar-refractivity contribution < 1.29 is 4.79 Å². The summed E-state index contributed by atoms with van der Waals surface area (Å²) in [6, 6.07) is 11.8. The summed E-state index contributed by atoms with van der Waals surface area (Å²) in [4.78, 5) is 12.5. The van der Waals surface area contributed by atoms with Crippen molar-refractivity contribution in [3.63, 3.8) is 0 Å². The Morgan fingerprint density at radius 1 is 1.10 bits per heavy atom. The van der Waals surface area contributed by atoms with E-state index in [1.54, 1.807) is 0 Å². The van der Waals surface area contributed by atoms with Crippen molar-refractivity contribution in [3.8, 4) is 0 Å². The molecule has 0 fully saturated rings. The van der Waals surface area contributed by atoms with Crippen LogP contribution in [0.5, 0.6) is 0 Å². The van der Waals surface area contributed by atoms with Crippen molar-refractivity contribution >= 4 is 11.6 Å². The smallest absolute Gasteiger partial charge is 0.255 e. The van der Waals surface area contributed by atoms with Gasteiger partial charge in [0.1, 0.15) is 0 Å². The number of rotatable bonds is 4. The Kier molecular flexibility index (Phi) is 4.76. The Balaban J connectivity index is 2.31. The first-order valence-electron chi connectivity index (χ1n) is 7.20. The summed E-state index contributed by atoms with van der Waals surface area (Å²) in [5, 5.41) is 3.04. The molecule has 0 bridgehead atoms. The number of aryl methyl sites for hydroxylation is 3. The van der Waals surface area contributed by atoms with E-state index in [-0.39, 0.29) is 5.91 Å². The molecule has 0 aliphatic rings. The topological polar surface area (TPSA) is 55.1 Å². The molecule has 21 heavy (non-hydrogen) atoms. The van der Waals surface area contributed by atoms with Crippen LogP contribution in [0.25, 0.3) is 0 Å². The van der Waals surface area contributed by atoms with Crippen molar-refractivity contribution in [1.29, 1.82) is 0 Å². The zero-order chi connectivity index (χ0) is 15.4. The van der Waals surface area contributed by atoms with Gasteiger partial charge >= 0.3 is 0 Å². The summed E-state index contributed by atoms with van der Waals surface area (Å²) in [5.41, 5.74) is 11.6. The Hall–Kier alpha value is -2.13. The van der Waals surface area contributed by atoms with Crippen molar-refractivity contribution in [2.75, 3.05) is 11.9 Å². The number of nitrogens with two attached hydrogens (primary N) is 1. The van der Waals surface area contributed by atoms with Gasteiger partial charge < -0.3 is 11.1 Å². The fourth-order valence-corrected chi connectivity index (χ4v) is 2.67. The summed E-state index contributed by atoms with van der Waals surface area (Å²) >= 11 is 0. The van der Waals surface area contributed by atoms with Crippen LogP contribution in [0.2, 0.25) is 0 Å². The molecule has 0 unspecified atom stereocenters. The van der Waals surface area contributed by atoms with E-state index >= 15 is 0 Å². The first-order chi connectivity index (χ1) is 10.0. The van der Waals surface area contributed by atoms with Crippen LogP contribution < -0.4 is 11.1 Å². The van der Waals surface area contributed by atoms with Gasteiger partial charge in [-0.15, -0.1) is 0 Å². The molecule has 0 aromatic heterocycles. The van der Waals surface area contributed by atoms with E-state index in [1.165, 1.54) is 5.56 Å². The second-order valence-electron chi connectivity index (χ2n) is 5.42. The second kappa shape index (κ2) is 6.55. The third-order valence-electron chi connectivity index (χ3n) is 3.59. The molecule has 3 heteroatoms. The third kappa shape index (κ3) is 3.50. The molecule has 0 radical (unpaired) electrons. The normalized spacial score (nSPS) is 10.5. The minimum atomic E-state index is -0.0749. The summed E-state index contributed by atoms with van der Waals surface area (Å²) in [6.45, 7) is 6.62. The summed E-state index contributed by atoms with van der Waals surface area (Å²) in [6.07, 6.45) is 0.704. The minimum absolute atomic E-state index is 0.0749. The molecule has 0 spiro atoms. The van der Waals surface area contributed by atoms with Crippen molar-refractivity contribution in [2.45, 2.75) is 27.2 Å².